The molecule has 1 aromatic heterocycles. The van der Waals surface area contributed by atoms with Gasteiger partial charge in [0.2, 0.25) is 0 Å². The van der Waals surface area contributed by atoms with E-state index in [4.69, 9.17) is 14.2 Å². The number of ether oxygens (including phenoxy) is 3. The Hall–Kier alpha value is -3.29. The number of hydrogen-bond acceptors (Lipinski definition) is 7. The first-order valence-corrected chi connectivity index (χ1v) is 11.2. The lowest BCUT2D eigenvalue weighted by Gasteiger charge is -2.36. The van der Waals surface area contributed by atoms with Crippen molar-refractivity contribution in [2.24, 2.45) is 0 Å². The molecule has 166 valence electrons. The summed E-state index contributed by atoms with van der Waals surface area (Å²) < 4.78 is 16.6. The molecule has 0 aliphatic carbocycles. The number of aliphatic hydroxyl groups excluding tert-OH is 1. The summed E-state index contributed by atoms with van der Waals surface area (Å²) in [5.41, 5.74) is 2.98. The van der Waals surface area contributed by atoms with Crippen LogP contribution in [0.2, 0.25) is 0 Å². The highest BCUT2D eigenvalue weighted by Crippen LogP contribution is 2.43. The molecule has 1 aliphatic rings. The van der Waals surface area contributed by atoms with Crippen molar-refractivity contribution < 1.29 is 24.1 Å². The first-order chi connectivity index (χ1) is 15.6. The Morgan fingerprint density at radius 1 is 1.06 bits per heavy atom. The zero-order chi connectivity index (χ0) is 22.5. The second-order valence-electron chi connectivity index (χ2n) is 7.22. The lowest BCUT2D eigenvalue weighted by Crippen LogP contribution is -2.41. The molecule has 6 nitrogen and oxygen atoms in total. The van der Waals surface area contributed by atoms with Gasteiger partial charge in [0.05, 0.1) is 24.3 Å². The summed E-state index contributed by atoms with van der Waals surface area (Å²) in [5.74, 6) is 0.471. The third-order valence-electron chi connectivity index (χ3n) is 5.19. The number of rotatable bonds is 8. The molecule has 0 radical (unpaired) electrons. The van der Waals surface area contributed by atoms with Gasteiger partial charge in [0.15, 0.2) is 12.0 Å². The molecular weight excluding hydrogens is 426 g/mol. The number of nitrogens with zero attached hydrogens (tertiary/aromatic N) is 1. The topological polar surface area (TPSA) is 68.2 Å². The lowest BCUT2D eigenvalue weighted by molar-refractivity contribution is -0.136. The van der Waals surface area contributed by atoms with E-state index in [1.165, 1.54) is 11.3 Å². The molecule has 1 aliphatic heterocycles. The second-order valence-corrected chi connectivity index (χ2v) is 8.13. The summed E-state index contributed by atoms with van der Waals surface area (Å²) in [6, 6.07) is 19.2. The number of aliphatic hydroxyl groups is 1. The predicted octanol–water partition coefficient (Wildman–Crippen LogP) is 4.59. The fraction of sp³-hybridized carbons (Fsp3) is 0.240. The molecule has 32 heavy (non-hydrogen) atoms. The third kappa shape index (κ3) is 4.49. The normalized spacial score (nSPS) is 15.3. The Morgan fingerprint density at radius 3 is 2.50 bits per heavy atom. The number of hydrogen-bond donors (Lipinski definition) is 1. The summed E-state index contributed by atoms with van der Waals surface area (Å²) in [4.78, 5) is 15.4. The second kappa shape index (κ2) is 9.89. The van der Waals surface area contributed by atoms with Crippen molar-refractivity contribution in [1.82, 2.24) is 0 Å². The van der Waals surface area contributed by atoms with E-state index in [1.807, 2.05) is 70.9 Å². The van der Waals surface area contributed by atoms with Gasteiger partial charge >= 0.3 is 5.97 Å². The molecule has 4 rings (SSSR count). The smallest absolute Gasteiger partial charge is 0.343 e. The van der Waals surface area contributed by atoms with E-state index in [1.54, 1.807) is 14.0 Å². The lowest BCUT2D eigenvalue weighted by atomic mass is 10.0. The Balaban J connectivity index is 1.69. The molecule has 0 saturated heterocycles. The fourth-order valence-corrected chi connectivity index (χ4v) is 4.55. The van der Waals surface area contributed by atoms with E-state index in [9.17, 15) is 9.90 Å². The molecule has 2 heterocycles. The van der Waals surface area contributed by atoms with Crippen molar-refractivity contribution in [2.45, 2.75) is 26.3 Å². The van der Waals surface area contributed by atoms with Gasteiger partial charge < -0.3 is 24.2 Å². The molecule has 1 N–H and O–H groups in total. The molecule has 0 amide bonds. The summed E-state index contributed by atoms with van der Waals surface area (Å²) in [6.45, 7) is 2.66. The van der Waals surface area contributed by atoms with Crippen molar-refractivity contribution in [3.8, 4) is 5.75 Å². The van der Waals surface area contributed by atoms with Crippen molar-refractivity contribution in [1.29, 1.82) is 0 Å². The van der Waals surface area contributed by atoms with E-state index in [0.717, 1.165) is 27.4 Å². The molecular formula is C25H25NO5S. The number of anilines is 1. The number of fused-ring (bicyclic) bond motifs is 1. The third-order valence-corrected chi connectivity index (χ3v) is 6.11. The van der Waals surface area contributed by atoms with Crippen LogP contribution in [0.4, 0.5) is 5.69 Å². The van der Waals surface area contributed by atoms with Crippen LogP contribution in [0, 0.1) is 0 Å². The van der Waals surface area contributed by atoms with Gasteiger partial charge in [-0.1, -0.05) is 42.5 Å². The predicted molar refractivity (Wildman–Crippen MR) is 124 cm³/mol. The summed E-state index contributed by atoms with van der Waals surface area (Å²) in [6.07, 6.45) is -1.14. The van der Waals surface area contributed by atoms with Crippen LogP contribution in [0.15, 0.2) is 71.8 Å². The number of benzene rings is 2. The highest BCUT2D eigenvalue weighted by atomic mass is 32.1. The van der Waals surface area contributed by atoms with E-state index < -0.39 is 12.2 Å². The highest BCUT2D eigenvalue weighted by Gasteiger charge is 2.38. The van der Waals surface area contributed by atoms with Crippen LogP contribution >= 0.6 is 11.3 Å². The number of methoxy groups -OCH3 is 1. The van der Waals surface area contributed by atoms with Crippen molar-refractivity contribution >= 4 is 28.6 Å². The molecule has 0 bridgehead atoms. The number of carbonyl (C=O) groups is 1. The minimum atomic E-state index is -1.14. The van der Waals surface area contributed by atoms with Crippen molar-refractivity contribution in [3.05, 3.63) is 87.8 Å². The fourth-order valence-electron chi connectivity index (χ4n) is 3.61. The maximum Gasteiger partial charge on any atom is 0.343 e. The molecule has 0 fully saturated rings. The van der Waals surface area contributed by atoms with Crippen LogP contribution in [-0.2, 0) is 27.4 Å². The summed E-state index contributed by atoms with van der Waals surface area (Å²) in [5, 5.41) is 13.2. The maximum absolute atomic E-state index is 12.9. The van der Waals surface area contributed by atoms with Crippen LogP contribution in [-0.4, -0.2) is 31.0 Å². The summed E-state index contributed by atoms with van der Waals surface area (Å²) in [7, 11) is 1.62. The van der Waals surface area contributed by atoms with Crippen LogP contribution in [0.3, 0.4) is 0 Å². The highest BCUT2D eigenvalue weighted by molar-refractivity contribution is 7.12. The summed E-state index contributed by atoms with van der Waals surface area (Å²) >= 11 is 1.42. The standard InChI is InChI=1S/C25H25NO5S/c1-3-30-25(28)21-22(31-16-18-7-5-4-6-8-18)24(27)26(20-13-14-32-23(20)21)15-17-9-11-19(29-2)12-10-17/h4-14,24,27H,3,15-16H2,1-2H3. The maximum atomic E-state index is 12.9. The molecule has 7 heteroatoms. The van der Waals surface area contributed by atoms with Crippen molar-refractivity contribution in [3.63, 3.8) is 0 Å². The van der Waals surface area contributed by atoms with Gasteiger partial charge in [0, 0.05) is 6.54 Å². The number of carbonyl (C=O) groups excluding carboxylic acids is 1. The van der Waals surface area contributed by atoms with Gasteiger partial charge in [-0.25, -0.2) is 4.79 Å². The first kappa shape index (κ1) is 21.9. The Labute approximate surface area is 191 Å². The van der Waals surface area contributed by atoms with E-state index >= 15 is 0 Å². The van der Waals surface area contributed by atoms with E-state index in [0.29, 0.717) is 6.54 Å². The average Bonchev–Trinajstić information content (AvgIpc) is 3.30. The minimum Gasteiger partial charge on any atom is -0.497 e. The zero-order valence-electron chi connectivity index (χ0n) is 18.0. The average molecular weight is 452 g/mol. The largest absolute Gasteiger partial charge is 0.497 e. The molecule has 2 aromatic carbocycles. The quantitative estimate of drug-likeness (QED) is 0.506. The van der Waals surface area contributed by atoms with Crippen LogP contribution in [0.1, 0.15) is 22.9 Å². The van der Waals surface area contributed by atoms with E-state index in [2.05, 4.69) is 0 Å². The number of esters is 1. The van der Waals surface area contributed by atoms with Gasteiger partial charge in [-0.15, -0.1) is 11.3 Å². The van der Waals surface area contributed by atoms with Gasteiger partial charge in [-0.3, -0.25) is 0 Å². The van der Waals surface area contributed by atoms with Gasteiger partial charge in [0.1, 0.15) is 17.9 Å². The first-order valence-electron chi connectivity index (χ1n) is 10.4. The van der Waals surface area contributed by atoms with Gasteiger partial charge in [-0.2, -0.15) is 0 Å². The van der Waals surface area contributed by atoms with Crippen molar-refractivity contribution in [2.75, 3.05) is 18.6 Å². The SMILES string of the molecule is CCOC(=O)C1=C(OCc2ccccc2)C(O)N(Cc2ccc(OC)cc2)c2ccsc21. The molecule has 1 unspecified atom stereocenters. The Bertz CT molecular complexity index is 1090. The Morgan fingerprint density at radius 2 is 1.81 bits per heavy atom. The Kier molecular flexibility index (Phi) is 6.78. The van der Waals surface area contributed by atoms with Crippen LogP contribution in [0.5, 0.6) is 5.75 Å². The van der Waals surface area contributed by atoms with Crippen LogP contribution < -0.4 is 9.64 Å². The number of thiophene rings is 1. The molecule has 1 atom stereocenters. The van der Waals surface area contributed by atoms with E-state index in [-0.39, 0.29) is 24.5 Å². The zero-order valence-corrected chi connectivity index (χ0v) is 18.8. The molecule has 0 spiro atoms. The minimum absolute atomic E-state index is 0.204. The van der Waals surface area contributed by atoms with Gasteiger partial charge in [0.25, 0.3) is 0 Å². The monoisotopic (exact) mass is 451 g/mol. The van der Waals surface area contributed by atoms with Gasteiger partial charge in [-0.05, 0) is 41.6 Å². The molecule has 3 aromatic rings. The molecule has 0 saturated carbocycles. The van der Waals surface area contributed by atoms with Crippen LogP contribution in [0.25, 0.3) is 5.57 Å².